The van der Waals surface area contributed by atoms with E-state index >= 15 is 0 Å². The fraction of sp³-hybridized carbons (Fsp3) is 0.444. The van der Waals surface area contributed by atoms with Crippen molar-refractivity contribution in [1.82, 2.24) is 15.1 Å². The maximum absolute atomic E-state index is 12.6. The van der Waals surface area contributed by atoms with E-state index in [1.54, 1.807) is 23.1 Å². The van der Waals surface area contributed by atoms with Gasteiger partial charge in [-0.05, 0) is 18.6 Å². The largest absolute Gasteiger partial charge is 0.503 e. The minimum atomic E-state index is -0.637. The van der Waals surface area contributed by atoms with Crippen LogP contribution in [-0.2, 0) is 9.59 Å². The SMILES string of the molecule is CC(=O)C1=C(O)C(=O)N(CCN2CCNCC2)[C@@H]1c1ccccc1Cl. The number of aliphatic hydroxyl groups excluding tert-OH is 1. The van der Waals surface area contributed by atoms with Crippen LogP contribution in [0.1, 0.15) is 18.5 Å². The molecule has 0 aliphatic carbocycles. The highest BCUT2D eigenvalue weighted by Crippen LogP contribution is 2.40. The van der Waals surface area contributed by atoms with Gasteiger partial charge in [-0.1, -0.05) is 29.8 Å². The average Bonchev–Trinajstić information content (AvgIpc) is 2.85. The van der Waals surface area contributed by atoms with Crippen LogP contribution >= 0.6 is 11.6 Å². The van der Waals surface area contributed by atoms with Crippen molar-refractivity contribution in [3.05, 3.63) is 46.2 Å². The highest BCUT2D eigenvalue weighted by molar-refractivity contribution is 6.31. The lowest BCUT2D eigenvalue weighted by Crippen LogP contribution is -2.47. The summed E-state index contributed by atoms with van der Waals surface area (Å²) in [5.74, 6) is -1.29. The number of aliphatic hydroxyl groups is 1. The van der Waals surface area contributed by atoms with Gasteiger partial charge in [-0.2, -0.15) is 0 Å². The molecule has 6 nitrogen and oxygen atoms in total. The van der Waals surface area contributed by atoms with Crippen molar-refractivity contribution in [2.24, 2.45) is 0 Å². The van der Waals surface area contributed by atoms with Crippen LogP contribution < -0.4 is 5.32 Å². The van der Waals surface area contributed by atoms with Crippen molar-refractivity contribution in [1.29, 1.82) is 0 Å². The first-order valence-electron chi connectivity index (χ1n) is 8.43. The van der Waals surface area contributed by atoms with Crippen molar-refractivity contribution in [2.45, 2.75) is 13.0 Å². The van der Waals surface area contributed by atoms with E-state index < -0.39 is 17.7 Å². The Morgan fingerprint density at radius 1 is 1.28 bits per heavy atom. The molecule has 0 saturated carbocycles. The second kappa shape index (κ2) is 7.56. The van der Waals surface area contributed by atoms with Gasteiger partial charge in [-0.3, -0.25) is 14.5 Å². The molecule has 1 aromatic rings. The zero-order chi connectivity index (χ0) is 18.0. The number of benzene rings is 1. The van der Waals surface area contributed by atoms with Gasteiger partial charge in [0, 0.05) is 44.3 Å². The van der Waals surface area contributed by atoms with E-state index in [0.717, 1.165) is 26.2 Å². The third kappa shape index (κ3) is 3.56. The first-order chi connectivity index (χ1) is 12.0. The molecule has 1 saturated heterocycles. The summed E-state index contributed by atoms with van der Waals surface area (Å²) in [4.78, 5) is 28.5. The molecule has 2 heterocycles. The standard InChI is InChI=1S/C18H22ClN3O3/c1-12(23)15-16(13-4-2-3-5-14(13)19)22(18(25)17(15)24)11-10-21-8-6-20-7-9-21/h2-5,16,20,24H,6-11H2,1H3/t16-/m1/s1. The number of Topliss-reactive ketones (excluding diaryl/α,β-unsaturated/α-hetero) is 1. The summed E-state index contributed by atoms with van der Waals surface area (Å²) < 4.78 is 0. The lowest BCUT2D eigenvalue weighted by Gasteiger charge is -2.32. The van der Waals surface area contributed by atoms with Crippen LogP contribution in [0.15, 0.2) is 35.6 Å². The molecule has 3 rings (SSSR count). The van der Waals surface area contributed by atoms with Gasteiger partial charge in [0.15, 0.2) is 11.5 Å². The average molecular weight is 364 g/mol. The number of nitrogens with zero attached hydrogens (tertiary/aromatic N) is 2. The molecule has 0 aromatic heterocycles. The molecule has 1 aromatic carbocycles. The Kier molecular flexibility index (Phi) is 5.42. The molecule has 25 heavy (non-hydrogen) atoms. The monoisotopic (exact) mass is 363 g/mol. The number of amides is 1. The molecule has 0 unspecified atom stereocenters. The predicted molar refractivity (Wildman–Crippen MR) is 95.6 cm³/mol. The first kappa shape index (κ1) is 17.9. The number of ketones is 1. The van der Waals surface area contributed by atoms with Gasteiger partial charge in [0.2, 0.25) is 0 Å². The van der Waals surface area contributed by atoms with E-state index in [2.05, 4.69) is 10.2 Å². The second-order valence-electron chi connectivity index (χ2n) is 6.33. The number of rotatable bonds is 5. The van der Waals surface area contributed by atoms with Gasteiger partial charge in [0.05, 0.1) is 11.6 Å². The third-order valence-electron chi connectivity index (χ3n) is 4.75. The number of halogens is 1. The maximum atomic E-state index is 12.6. The summed E-state index contributed by atoms with van der Waals surface area (Å²) in [6.45, 7) is 6.15. The molecule has 0 spiro atoms. The Bertz CT molecular complexity index is 713. The Hall–Kier alpha value is -1.89. The molecular formula is C18H22ClN3O3. The van der Waals surface area contributed by atoms with Gasteiger partial charge in [-0.15, -0.1) is 0 Å². The second-order valence-corrected chi connectivity index (χ2v) is 6.74. The van der Waals surface area contributed by atoms with Crippen LogP contribution in [0, 0.1) is 0 Å². The molecule has 2 N–H and O–H groups in total. The molecule has 0 bridgehead atoms. The van der Waals surface area contributed by atoms with Gasteiger partial charge < -0.3 is 15.3 Å². The summed E-state index contributed by atoms with van der Waals surface area (Å²) in [5, 5.41) is 14.0. The molecule has 7 heteroatoms. The number of hydrogen-bond donors (Lipinski definition) is 2. The fourth-order valence-corrected chi connectivity index (χ4v) is 3.69. The molecule has 2 aliphatic heterocycles. The number of carbonyl (C=O) groups is 2. The van der Waals surface area contributed by atoms with Gasteiger partial charge in [0.1, 0.15) is 0 Å². The summed E-state index contributed by atoms with van der Waals surface area (Å²) in [6, 6.07) is 6.49. The van der Waals surface area contributed by atoms with Crippen LogP contribution in [0.5, 0.6) is 0 Å². The first-order valence-corrected chi connectivity index (χ1v) is 8.81. The Morgan fingerprint density at radius 3 is 2.60 bits per heavy atom. The molecule has 0 radical (unpaired) electrons. The lowest BCUT2D eigenvalue weighted by molar-refractivity contribution is -0.129. The molecule has 134 valence electrons. The van der Waals surface area contributed by atoms with Gasteiger partial charge in [-0.25, -0.2) is 0 Å². The Morgan fingerprint density at radius 2 is 1.96 bits per heavy atom. The number of piperazine rings is 1. The van der Waals surface area contributed by atoms with Crippen LogP contribution in [-0.4, -0.2) is 65.9 Å². The third-order valence-corrected chi connectivity index (χ3v) is 5.09. The maximum Gasteiger partial charge on any atom is 0.290 e. The van der Waals surface area contributed by atoms with Gasteiger partial charge in [0.25, 0.3) is 5.91 Å². The van der Waals surface area contributed by atoms with E-state index in [0.29, 0.717) is 23.7 Å². The highest BCUT2D eigenvalue weighted by atomic mass is 35.5. The predicted octanol–water partition coefficient (Wildman–Crippen LogP) is 1.53. The minimum Gasteiger partial charge on any atom is -0.503 e. The smallest absolute Gasteiger partial charge is 0.290 e. The zero-order valence-corrected chi connectivity index (χ0v) is 14.9. The van der Waals surface area contributed by atoms with Crippen LogP contribution in [0.4, 0.5) is 0 Å². The van der Waals surface area contributed by atoms with E-state index in [1.807, 2.05) is 6.07 Å². The molecule has 1 fully saturated rings. The van der Waals surface area contributed by atoms with Crippen molar-refractivity contribution < 1.29 is 14.7 Å². The number of carbonyl (C=O) groups excluding carboxylic acids is 2. The normalized spacial score (nSPS) is 21.9. The summed E-state index contributed by atoms with van der Waals surface area (Å²) in [5.41, 5.74) is 0.783. The number of hydrogen-bond acceptors (Lipinski definition) is 5. The van der Waals surface area contributed by atoms with Crippen molar-refractivity contribution in [3.63, 3.8) is 0 Å². The minimum absolute atomic E-state index is 0.124. The lowest BCUT2D eigenvalue weighted by atomic mass is 9.96. The Labute approximate surface area is 152 Å². The van der Waals surface area contributed by atoms with Crippen molar-refractivity contribution in [2.75, 3.05) is 39.3 Å². The fourth-order valence-electron chi connectivity index (χ4n) is 3.45. The van der Waals surface area contributed by atoms with Gasteiger partial charge >= 0.3 is 0 Å². The summed E-state index contributed by atoms with van der Waals surface area (Å²) >= 11 is 6.31. The van der Waals surface area contributed by atoms with Crippen molar-refractivity contribution in [3.8, 4) is 0 Å². The molecule has 1 atom stereocenters. The summed E-state index contributed by atoms with van der Waals surface area (Å²) in [6.07, 6.45) is 0. The zero-order valence-electron chi connectivity index (χ0n) is 14.2. The Balaban J connectivity index is 1.88. The van der Waals surface area contributed by atoms with E-state index in [9.17, 15) is 14.7 Å². The quantitative estimate of drug-likeness (QED) is 0.830. The summed E-state index contributed by atoms with van der Waals surface area (Å²) in [7, 11) is 0. The van der Waals surface area contributed by atoms with Crippen LogP contribution in [0.3, 0.4) is 0 Å². The van der Waals surface area contributed by atoms with Crippen molar-refractivity contribution >= 4 is 23.3 Å². The highest BCUT2D eigenvalue weighted by Gasteiger charge is 2.42. The molecule has 2 aliphatic rings. The molecule has 1 amide bonds. The van der Waals surface area contributed by atoms with Crippen LogP contribution in [0.25, 0.3) is 0 Å². The van der Waals surface area contributed by atoms with Crippen LogP contribution in [0.2, 0.25) is 5.02 Å². The topological polar surface area (TPSA) is 72.9 Å². The van der Waals surface area contributed by atoms with E-state index in [1.165, 1.54) is 6.92 Å². The van der Waals surface area contributed by atoms with E-state index in [4.69, 9.17) is 11.6 Å². The molecular weight excluding hydrogens is 342 g/mol. The number of nitrogens with one attached hydrogen (secondary N) is 1. The van der Waals surface area contributed by atoms with E-state index in [-0.39, 0.29) is 11.4 Å².